The fourth-order valence-corrected chi connectivity index (χ4v) is 3.69. The number of carbonyl (C=O) groups excluding carboxylic acids is 2. The Hall–Kier alpha value is -2.44. The van der Waals surface area contributed by atoms with Crippen LogP contribution in [0.1, 0.15) is 34.7 Å². The average molecular weight is 420 g/mol. The molecule has 0 unspecified atom stereocenters. The maximum atomic E-state index is 12.9. The summed E-state index contributed by atoms with van der Waals surface area (Å²) >= 11 is 0. The standard InChI is InChI=1S/C22H26FN3O2.ClH/c23-19-10-8-17(9-11-19)22(28)25-12-4-7-21(27)26-14-18(13-24)20(15-26)16-5-2-1-3-6-16;/h1-3,5-6,8-11,18,20H,4,7,12-15,24H2,(H,25,28);1H/t18-,20+;/m1./s1. The number of halogens is 2. The summed E-state index contributed by atoms with van der Waals surface area (Å²) in [4.78, 5) is 26.4. The minimum atomic E-state index is -0.377. The van der Waals surface area contributed by atoms with Crippen molar-refractivity contribution >= 4 is 24.2 Å². The third-order valence-electron chi connectivity index (χ3n) is 5.28. The van der Waals surface area contributed by atoms with E-state index in [0.29, 0.717) is 44.6 Å². The van der Waals surface area contributed by atoms with Crippen LogP contribution in [0.3, 0.4) is 0 Å². The first-order chi connectivity index (χ1) is 13.6. The molecular weight excluding hydrogens is 393 g/mol. The molecule has 0 bridgehead atoms. The molecule has 2 aromatic carbocycles. The van der Waals surface area contributed by atoms with Crippen LogP contribution in [0.5, 0.6) is 0 Å². The van der Waals surface area contributed by atoms with Crippen molar-refractivity contribution in [3.05, 3.63) is 71.5 Å². The molecule has 1 aliphatic heterocycles. The number of nitrogens with two attached hydrogens (primary N) is 1. The summed E-state index contributed by atoms with van der Waals surface area (Å²) in [7, 11) is 0. The molecule has 0 radical (unpaired) electrons. The van der Waals surface area contributed by atoms with Gasteiger partial charge in [-0.3, -0.25) is 9.59 Å². The lowest BCUT2D eigenvalue weighted by molar-refractivity contribution is -0.130. The van der Waals surface area contributed by atoms with Gasteiger partial charge in [0.15, 0.2) is 0 Å². The number of rotatable bonds is 7. The number of nitrogens with zero attached hydrogens (tertiary/aromatic N) is 1. The lowest BCUT2D eigenvalue weighted by atomic mass is 9.89. The van der Waals surface area contributed by atoms with Crippen molar-refractivity contribution in [1.82, 2.24) is 10.2 Å². The van der Waals surface area contributed by atoms with Gasteiger partial charge in [0.05, 0.1) is 0 Å². The van der Waals surface area contributed by atoms with Crippen molar-refractivity contribution in [2.45, 2.75) is 18.8 Å². The van der Waals surface area contributed by atoms with Crippen molar-refractivity contribution in [3.63, 3.8) is 0 Å². The Morgan fingerprint density at radius 1 is 1.07 bits per heavy atom. The molecule has 3 rings (SSSR count). The van der Waals surface area contributed by atoms with Crippen LogP contribution in [-0.2, 0) is 4.79 Å². The van der Waals surface area contributed by atoms with Gasteiger partial charge in [-0.15, -0.1) is 12.4 Å². The minimum Gasteiger partial charge on any atom is -0.352 e. The molecule has 2 amide bonds. The topological polar surface area (TPSA) is 75.4 Å². The number of amides is 2. The molecule has 0 aromatic heterocycles. The number of benzene rings is 2. The van der Waals surface area contributed by atoms with E-state index >= 15 is 0 Å². The van der Waals surface area contributed by atoms with E-state index in [0.717, 1.165) is 0 Å². The Labute approximate surface area is 176 Å². The summed E-state index contributed by atoms with van der Waals surface area (Å²) in [6, 6.07) is 15.6. The van der Waals surface area contributed by atoms with E-state index in [1.807, 2.05) is 23.1 Å². The number of nitrogens with one attached hydrogen (secondary N) is 1. The smallest absolute Gasteiger partial charge is 0.251 e. The first kappa shape index (κ1) is 22.8. The highest BCUT2D eigenvalue weighted by Crippen LogP contribution is 2.32. The zero-order valence-corrected chi connectivity index (χ0v) is 17.0. The van der Waals surface area contributed by atoms with E-state index in [4.69, 9.17) is 5.73 Å². The molecule has 2 atom stereocenters. The lowest BCUT2D eigenvalue weighted by Crippen LogP contribution is -2.31. The van der Waals surface area contributed by atoms with E-state index < -0.39 is 0 Å². The molecule has 156 valence electrons. The highest BCUT2D eigenvalue weighted by Gasteiger charge is 2.34. The molecule has 29 heavy (non-hydrogen) atoms. The number of hydrogen-bond donors (Lipinski definition) is 2. The molecule has 1 saturated heterocycles. The molecule has 3 N–H and O–H groups in total. The fourth-order valence-electron chi connectivity index (χ4n) is 3.69. The van der Waals surface area contributed by atoms with Gasteiger partial charge in [-0.2, -0.15) is 0 Å². The zero-order valence-electron chi connectivity index (χ0n) is 16.2. The van der Waals surface area contributed by atoms with Gasteiger partial charge in [0.1, 0.15) is 5.82 Å². The SMILES string of the molecule is Cl.NC[C@@H]1CN(C(=O)CCCNC(=O)c2ccc(F)cc2)C[C@H]1c1ccccc1. The highest BCUT2D eigenvalue weighted by molar-refractivity contribution is 5.94. The van der Waals surface area contributed by atoms with E-state index in [1.54, 1.807) is 0 Å². The summed E-state index contributed by atoms with van der Waals surface area (Å²) in [5.74, 6) is -0.0101. The quantitative estimate of drug-likeness (QED) is 0.677. The second kappa shape index (κ2) is 10.9. The van der Waals surface area contributed by atoms with Crippen LogP contribution >= 0.6 is 12.4 Å². The van der Waals surface area contributed by atoms with Crippen molar-refractivity contribution in [2.24, 2.45) is 11.7 Å². The van der Waals surface area contributed by atoms with E-state index in [-0.39, 0.29) is 41.9 Å². The molecule has 0 aliphatic carbocycles. The lowest BCUT2D eigenvalue weighted by Gasteiger charge is -2.17. The van der Waals surface area contributed by atoms with Crippen LogP contribution in [0.2, 0.25) is 0 Å². The van der Waals surface area contributed by atoms with Gasteiger partial charge in [0, 0.05) is 37.5 Å². The molecule has 1 heterocycles. The number of hydrogen-bond acceptors (Lipinski definition) is 3. The maximum Gasteiger partial charge on any atom is 0.251 e. The summed E-state index contributed by atoms with van der Waals surface area (Å²) in [6.07, 6.45) is 0.939. The van der Waals surface area contributed by atoms with Gasteiger partial charge in [-0.1, -0.05) is 30.3 Å². The zero-order chi connectivity index (χ0) is 19.9. The molecule has 0 spiro atoms. The van der Waals surface area contributed by atoms with Crippen LogP contribution in [0.25, 0.3) is 0 Å². The Morgan fingerprint density at radius 2 is 1.76 bits per heavy atom. The van der Waals surface area contributed by atoms with E-state index in [2.05, 4.69) is 17.4 Å². The molecule has 0 saturated carbocycles. The monoisotopic (exact) mass is 419 g/mol. The Balaban J connectivity index is 0.00000300. The predicted octanol–water partition coefficient (Wildman–Crippen LogP) is 2.96. The molecule has 1 aliphatic rings. The van der Waals surface area contributed by atoms with Crippen molar-refractivity contribution < 1.29 is 14.0 Å². The summed E-state index contributed by atoms with van der Waals surface area (Å²) in [6.45, 7) is 2.32. The van der Waals surface area contributed by atoms with Gasteiger partial charge >= 0.3 is 0 Å². The normalized spacial score (nSPS) is 18.2. The van der Waals surface area contributed by atoms with Gasteiger partial charge < -0.3 is 16.0 Å². The van der Waals surface area contributed by atoms with Crippen LogP contribution in [-0.4, -0.2) is 42.9 Å². The minimum absolute atomic E-state index is 0. The third kappa shape index (κ3) is 6.02. The van der Waals surface area contributed by atoms with Gasteiger partial charge in [0.2, 0.25) is 5.91 Å². The number of carbonyl (C=O) groups is 2. The fraction of sp³-hybridized carbons (Fsp3) is 0.364. The third-order valence-corrected chi connectivity index (χ3v) is 5.28. The number of likely N-dealkylation sites (tertiary alicyclic amines) is 1. The van der Waals surface area contributed by atoms with E-state index in [1.165, 1.54) is 29.8 Å². The Kier molecular flexibility index (Phi) is 8.61. The molecule has 1 fully saturated rings. The summed E-state index contributed by atoms with van der Waals surface area (Å²) < 4.78 is 12.9. The molecular formula is C22H27ClFN3O2. The van der Waals surface area contributed by atoms with Gasteiger partial charge in [-0.05, 0) is 48.7 Å². The predicted molar refractivity (Wildman–Crippen MR) is 114 cm³/mol. The van der Waals surface area contributed by atoms with Crippen molar-refractivity contribution in [1.29, 1.82) is 0 Å². The first-order valence-corrected chi connectivity index (χ1v) is 9.65. The van der Waals surface area contributed by atoms with Gasteiger partial charge in [-0.25, -0.2) is 4.39 Å². The highest BCUT2D eigenvalue weighted by atomic mass is 35.5. The largest absolute Gasteiger partial charge is 0.352 e. The maximum absolute atomic E-state index is 12.9. The average Bonchev–Trinajstić information content (AvgIpc) is 3.16. The van der Waals surface area contributed by atoms with E-state index in [9.17, 15) is 14.0 Å². The molecule has 5 nitrogen and oxygen atoms in total. The first-order valence-electron chi connectivity index (χ1n) is 9.65. The summed E-state index contributed by atoms with van der Waals surface area (Å²) in [5.41, 5.74) is 7.56. The molecule has 2 aromatic rings. The van der Waals surface area contributed by atoms with Crippen LogP contribution in [0.15, 0.2) is 54.6 Å². The van der Waals surface area contributed by atoms with Gasteiger partial charge in [0.25, 0.3) is 5.91 Å². The second-order valence-electron chi connectivity index (χ2n) is 7.18. The summed E-state index contributed by atoms with van der Waals surface area (Å²) in [5, 5.41) is 2.77. The Bertz CT molecular complexity index is 801. The van der Waals surface area contributed by atoms with Crippen molar-refractivity contribution in [2.75, 3.05) is 26.2 Å². The van der Waals surface area contributed by atoms with Crippen LogP contribution < -0.4 is 11.1 Å². The van der Waals surface area contributed by atoms with Crippen LogP contribution in [0.4, 0.5) is 4.39 Å². The second-order valence-corrected chi connectivity index (χ2v) is 7.18. The Morgan fingerprint density at radius 3 is 2.41 bits per heavy atom. The molecule has 7 heteroatoms. The van der Waals surface area contributed by atoms with Crippen molar-refractivity contribution in [3.8, 4) is 0 Å². The van der Waals surface area contributed by atoms with Crippen LogP contribution in [0, 0.1) is 11.7 Å².